The van der Waals surface area contributed by atoms with E-state index < -0.39 is 6.61 Å². The zero-order valence-corrected chi connectivity index (χ0v) is 18.8. The van der Waals surface area contributed by atoms with Crippen molar-refractivity contribution in [2.24, 2.45) is 4.99 Å². The Labute approximate surface area is 191 Å². The van der Waals surface area contributed by atoms with Crippen LogP contribution in [0.25, 0.3) is 0 Å². The van der Waals surface area contributed by atoms with Crippen LogP contribution in [0.1, 0.15) is 24.0 Å². The maximum atomic E-state index is 12.8. The highest BCUT2D eigenvalue weighted by Gasteiger charge is 2.44. The zero-order chi connectivity index (χ0) is 20.3. The van der Waals surface area contributed by atoms with Gasteiger partial charge >= 0.3 is 6.61 Å². The van der Waals surface area contributed by atoms with E-state index in [1.807, 2.05) is 18.2 Å². The van der Waals surface area contributed by atoms with Crippen LogP contribution in [0.2, 0.25) is 0 Å². The fraction of sp³-hybridized carbons (Fsp3) is 0.381. The molecule has 0 atom stereocenters. The van der Waals surface area contributed by atoms with Crippen LogP contribution in [0.4, 0.5) is 8.78 Å². The number of nitrogens with one attached hydrogen (secondary N) is 2. The van der Waals surface area contributed by atoms with Crippen LogP contribution in [0.15, 0.2) is 47.5 Å². The van der Waals surface area contributed by atoms with E-state index in [0.717, 1.165) is 19.4 Å². The molecule has 0 radical (unpaired) electrons. The molecule has 0 aromatic heterocycles. The normalized spacial score (nSPS) is 16.1. The van der Waals surface area contributed by atoms with Gasteiger partial charge in [0, 0.05) is 37.2 Å². The summed E-state index contributed by atoms with van der Waals surface area (Å²) in [6.45, 7) is -1.87. The van der Waals surface area contributed by atoms with E-state index in [1.165, 1.54) is 11.6 Å². The van der Waals surface area contributed by atoms with Gasteiger partial charge in [-0.2, -0.15) is 8.78 Å². The first kappa shape index (κ1) is 22.4. The number of hydrogen-bond acceptors (Lipinski definition) is 4. The maximum Gasteiger partial charge on any atom is 0.387 e. The third kappa shape index (κ3) is 5.05. The monoisotopic (exact) mass is 531 g/mol. The molecule has 9 heteroatoms. The summed E-state index contributed by atoms with van der Waals surface area (Å²) in [6.07, 6.45) is 2.24. The van der Waals surface area contributed by atoms with Crippen LogP contribution in [-0.2, 0) is 12.0 Å². The molecule has 4 rings (SSSR count). The lowest BCUT2D eigenvalue weighted by molar-refractivity contribution is -0.0505. The highest BCUT2D eigenvalue weighted by atomic mass is 127. The molecule has 0 bridgehead atoms. The second kappa shape index (κ2) is 9.67. The number of alkyl halides is 2. The molecule has 0 spiro atoms. The van der Waals surface area contributed by atoms with Gasteiger partial charge in [0.15, 0.2) is 17.5 Å². The third-order valence-corrected chi connectivity index (χ3v) is 5.28. The van der Waals surface area contributed by atoms with Crippen molar-refractivity contribution < 1.29 is 23.0 Å². The van der Waals surface area contributed by atoms with E-state index in [4.69, 9.17) is 9.47 Å². The molecule has 2 N–H and O–H groups in total. The molecule has 0 unspecified atom stereocenters. The molecule has 1 aliphatic heterocycles. The molecule has 2 aromatic carbocycles. The number of ether oxygens (including phenoxy) is 3. The van der Waals surface area contributed by atoms with Crippen molar-refractivity contribution in [2.45, 2.75) is 31.4 Å². The number of rotatable bonds is 7. The van der Waals surface area contributed by atoms with E-state index in [2.05, 4.69) is 32.5 Å². The van der Waals surface area contributed by atoms with Crippen molar-refractivity contribution in [2.75, 3.05) is 20.4 Å². The van der Waals surface area contributed by atoms with E-state index >= 15 is 0 Å². The Morgan fingerprint density at radius 1 is 1.13 bits per heavy atom. The molecule has 0 amide bonds. The number of hydrogen-bond donors (Lipinski definition) is 2. The van der Waals surface area contributed by atoms with Crippen molar-refractivity contribution in [3.8, 4) is 17.2 Å². The van der Waals surface area contributed by atoms with Gasteiger partial charge in [-0.15, -0.1) is 24.0 Å². The molecule has 1 heterocycles. The first-order valence-electron chi connectivity index (χ1n) is 9.47. The predicted molar refractivity (Wildman–Crippen MR) is 120 cm³/mol. The Morgan fingerprint density at radius 3 is 2.47 bits per heavy atom. The fourth-order valence-electron chi connectivity index (χ4n) is 3.47. The highest BCUT2D eigenvalue weighted by molar-refractivity contribution is 14.0. The molecule has 6 nitrogen and oxygen atoms in total. The van der Waals surface area contributed by atoms with Crippen molar-refractivity contribution in [3.63, 3.8) is 0 Å². The molecular formula is C21H24F2IN3O3. The van der Waals surface area contributed by atoms with E-state index in [-0.39, 0.29) is 48.5 Å². The van der Waals surface area contributed by atoms with Crippen LogP contribution in [0, 0.1) is 0 Å². The number of aliphatic imine (C=N–C) groups is 1. The first-order valence-corrected chi connectivity index (χ1v) is 9.47. The standard InChI is InChI=1S/C21H23F2N3O3.HI/c1-24-20(26-12-21(7-8-21)15-5-3-2-4-6-15)25-11-14-9-17-18(28-13-27-17)10-16(14)29-19(22)23;/h2-6,9-10,19H,7-8,11-13H2,1H3,(H2,24,25,26);1H. The van der Waals surface area contributed by atoms with E-state index in [0.29, 0.717) is 23.0 Å². The molecule has 2 aliphatic rings. The summed E-state index contributed by atoms with van der Waals surface area (Å²) in [5, 5.41) is 6.51. The Bertz CT molecular complexity index is 893. The Hall–Kier alpha value is -2.30. The molecule has 2 aromatic rings. The number of guanidine groups is 1. The number of benzene rings is 2. The van der Waals surface area contributed by atoms with Gasteiger partial charge in [0.2, 0.25) is 6.79 Å². The molecule has 162 valence electrons. The minimum Gasteiger partial charge on any atom is -0.454 e. The largest absolute Gasteiger partial charge is 0.454 e. The molecule has 1 aliphatic carbocycles. The average Bonchev–Trinajstić information content (AvgIpc) is 3.39. The summed E-state index contributed by atoms with van der Waals surface area (Å²) < 4.78 is 40.8. The summed E-state index contributed by atoms with van der Waals surface area (Å²) in [5.41, 5.74) is 1.97. The second-order valence-corrected chi connectivity index (χ2v) is 7.12. The van der Waals surface area contributed by atoms with Crippen LogP contribution < -0.4 is 24.8 Å². The van der Waals surface area contributed by atoms with Gasteiger partial charge in [-0.3, -0.25) is 4.99 Å². The predicted octanol–water partition coefficient (Wildman–Crippen LogP) is 4.03. The quantitative estimate of drug-likeness (QED) is 0.321. The summed E-state index contributed by atoms with van der Waals surface area (Å²) in [5.74, 6) is 1.54. The Morgan fingerprint density at radius 2 is 1.83 bits per heavy atom. The average molecular weight is 531 g/mol. The lowest BCUT2D eigenvalue weighted by atomic mass is 9.96. The van der Waals surface area contributed by atoms with Gasteiger partial charge in [0.1, 0.15) is 5.75 Å². The second-order valence-electron chi connectivity index (χ2n) is 7.12. The van der Waals surface area contributed by atoms with Crippen molar-refractivity contribution in [1.82, 2.24) is 10.6 Å². The van der Waals surface area contributed by atoms with Crippen LogP contribution in [0.5, 0.6) is 17.2 Å². The van der Waals surface area contributed by atoms with Crippen molar-refractivity contribution >= 4 is 29.9 Å². The third-order valence-electron chi connectivity index (χ3n) is 5.28. The van der Waals surface area contributed by atoms with Crippen molar-refractivity contribution in [1.29, 1.82) is 0 Å². The number of nitrogens with zero attached hydrogens (tertiary/aromatic N) is 1. The van der Waals surface area contributed by atoms with Crippen LogP contribution in [-0.4, -0.2) is 33.0 Å². The molecule has 0 saturated heterocycles. The molecule has 1 fully saturated rings. The SMILES string of the molecule is CN=C(NCc1cc2c(cc1OC(F)F)OCO2)NCC1(c2ccccc2)CC1.I. The van der Waals surface area contributed by atoms with Gasteiger partial charge in [0.25, 0.3) is 0 Å². The van der Waals surface area contributed by atoms with Gasteiger partial charge in [-0.05, 0) is 24.5 Å². The lowest BCUT2D eigenvalue weighted by Crippen LogP contribution is -2.41. The smallest absolute Gasteiger partial charge is 0.387 e. The first-order chi connectivity index (χ1) is 14.1. The fourth-order valence-corrected chi connectivity index (χ4v) is 3.47. The zero-order valence-electron chi connectivity index (χ0n) is 16.5. The number of halogens is 3. The number of fused-ring (bicyclic) bond motifs is 1. The Kier molecular flexibility index (Phi) is 7.22. The lowest BCUT2D eigenvalue weighted by Gasteiger charge is -2.19. The Balaban J connectivity index is 0.00000256. The van der Waals surface area contributed by atoms with Gasteiger partial charge in [-0.1, -0.05) is 30.3 Å². The maximum absolute atomic E-state index is 12.8. The summed E-state index contributed by atoms with van der Waals surface area (Å²) in [4.78, 5) is 4.24. The van der Waals surface area contributed by atoms with E-state index in [9.17, 15) is 8.78 Å². The minimum atomic E-state index is -2.92. The summed E-state index contributed by atoms with van der Waals surface area (Å²) in [6, 6.07) is 13.5. The van der Waals surface area contributed by atoms with Gasteiger partial charge < -0.3 is 24.8 Å². The van der Waals surface area contributed by atoms with Gasteiger partial charge in [0.05, 0.1) is 0 Å². The van der Waals surface area contributed by atoms with Crippen molar-refractivity contribution in [3.05, 3.63) is 53.6 Å². The minimum absolute atomic E-state index is 0. The highest BCUT2D eigenvalue weighted by Crippen LogP contribution is 2.47. The van der Waals surface area contributed by atoms with Gasteiger partial charge in [-0.25, -0.2) is 0 Å². The summed E-state index contributed by atoms with van der Waals surface area (Å²) in [7, 11) is 1.67. The van der Waals surface area contributed by atoms with Crippen LogP contribution >= 0.6 is 24.0 Å². The van der Waals surface area contributed by atoms with E-state index in [1.54, 1.807) is 13.1 Å². The summed E-state index contributed by atoms with van der Waals surface area (Å²) >= 11 is 0. The molecule has 1 saturated carbocycles. The molecular weight excluding hydrogens is 507 g/mol. The topological polar surface area (TPSA) is 64.1 Å². The van der Waals surface area contributed by atoms with Crippen LogP contribution in [0.3, 0.4) is 0 Å². The molecule has 30 heavy (non-hydrogen) atoms.